The number of primary sulfonamides is 1. The molecule has 4 rings (SSSR count). The maximum Gasteiger partial charge on any atom is 0.238 e. The number of rotatable bonds is 4. The van der Waals surface area contributed by atoms with Gasteiger partial charge in [0.25, 0.3) is 0 Å². The Hall–Kier alpha value is -2.16. The minimum absolute atomic E-state index is 0.0216. The van der Waals surface area contributed by atoms with Crippen molar-refractivity contribution in [1.82, 2.24) is 0 Å². The largest absolute Gasteiger partial charge is 0.288 e. The van der Waals surface area contributed by atoms with Crippen molar-refractivity contribution in [3.63, 3.8) is 0 Å². The molecule has 4 aromatic rings. The van der Waals surface area contributed by atoms with Crippen LogP contribution < -0.4 is 10.6 Å². The van der Waals surface area contributed by atoms with Crippen molar-refractivity contribution >= 4 is 54.8 Å². The molecule has 0 saturated heterocycles. The number of thioether (sulfide) groups is 1. The Morgan fingerprint density at radius 2 is 1.63 bits per heavy atom. The first-order valence-electron chi connectivity index (χ1n) is 8.82. The Bertz CT molecular complexity index is 1430. The van der Waals surface area contributed by atoms with Crippen LogP contribution in [0.5, 0.6) is 0 Å². The molecule has 152 valence electrons. The summed E-state index contributed by atoms with van der Waals surface area (Å²) in [4.78, 5) is 15.1. The van der Waals surface area contributed by atoms with Crippen LogP contribution in [0.1, 0.15) is 0 Å². The Morgan fingerprint density at radius 3 is 2.27 bits per heavy atom. The lowest BCUT2D eigenvalue weighted by Gasteiger charge is -2.12. The molecule has 0 unspecified atom stereocenters. The van der Waals surface area contributed by atoms with Crippen molar-refractivity contribution in [2.75, 3.05) is 6.26 Å². The predicted molar refractivity (Wildman–Crippen MR) is 127 cm³/mol. The van der Waals surface area contributed by atoms with E-state index in [-0.39, 0.29) is 10.3 Å². The zero-order valence-corrected chi connectivity index (χ0v) is 19.0. The molecule has 4 nitrogen and oxygen atoms in total. The van der Waals surface area contributed by atoms with Crippen LogP contribution >= 0.6 is 34.7 Å². The third-order valence-electron chi connectivity index (χ3n) is 4.68. The van der Waals surface area contributed by atoms with E-state index >= 15 is 0 Å². The summed E-state index contributed by atoms with van der Waals surface area (Å²) in [6.45, 7) is 0. The number of halogens is 1. The fourth-order valence-electron chi connectivity index (χ4n) is 3.23. The Morgan fingerprint density at radius 1 is 0.967 bits per heavy atom. The van der Waals surface area contributed by atoms with Crippen LogP contribution in [0.2, 0.25) is 5.02 Å². The molecule has 0 amide bonds. The highest BCUT2D eigenvalue weighted by molar-refractivity contribution is 7.98. The van der Waals surface area contributed by atoms with Gasteiger partial charge >= 0.3 is 0 Å². The van der Waals surface area contributed by atoms with Gasteiger partial charge in [-0.1, -0.05) is 41.9 Å². The summed E-state index contributed by atoms with van der Waals surface area (Å²) >= 11 is 9.43. The molecule has 0 aliphatic carbocycles. The summed E-state index contributed by atoms with van der Waals surface area (Å²) in [5, 5.41) is 6.43. The van der Waals surface area contributed by atoms with E-state index in [1.54, 1.807) is 18.2 Å². The number of hydrogen-bond acceptors (Lipinski definition) is 5. The smallest absolute Gasteiger partial charge is 0.238 e. The second kappa shape index (κ2) is 8.17. The van der Waals surface area contributed by atoms with Gasteiger partial charge in [0.1, 0.15) is 0 Å². The molecule has 1 aromatic heterocycles. The fourth-order valence-corrected chi connectivity index (χ4v) is 5.81. The Labute approximate surface area is 187 Å². The van der Waals surface area contributed by atoms with Crippen molar-refractivity contribution < 1.29 is 8.42 Å². The van der Waals surface area contributed by atoms with E-state index in [9.17, 15) is 13.2 Å². The number of sulfonamides is 1. The van der Waals surface area contributed by atoms with Crippen molar-refractivity contribution in [2.45, 2.75) is 9.79 Å². The van der Waals surface area contributed by atoms with Crippen molar-refractivity contribution in [1.29, 1.82) is 0 Å². The number of hydrogen-bond donors (Lipinski definition) is 1. The highest BCUT2D eigenvalue weighted by Crippen LogP contribution is 2.39. The first-order chi connectivity index (χ1) is 14.3. The first kappa shape index (κ1) is 21.1. The first-order valence-corrected chi connectivity index (χ1v) is 12.8. The lowest BCUT2D eigenvalue weighted by molar-refractivity contribution is 0.598. The number of fused-ring (bicyclic) bond motifs is 1. The van der Waals surface area contributed by atoms with Crippen LogP contribution in [-0.4, -0.2) is 14.7 Å². The molecular weight excluding hydrogens is 458 g/mol. The normalized spacial score (nSPS) is 11.7. The quantitative estimate of drug-likeness (QED) is 0.390. The molecule has 8 heteroatoms. The van der Waals surface area contributed by atoms with Crippen LogP contribution in [-0.2, 0) is 10.0 Å². The highest BCUT2D eigenvalue weighted by Gasteiger charge is 2.18. The zero-order valence-electron chi connectivity index (χ0n) is 15.8. The molecule has 0 atom stereocenters. The Kier molecular flexibility index (Phi) is 5.74. The molecule has 0 fully saturated rings. The molecule has 1 heterocycles. The average Bonchev–Trinajstić information content (AvgIpc) is 2.73. The van der Waals surface area contributed by atoms with E-state index < -0.39 is 10.0 Å². The fraction of sp³-hybridized carbons (Fsp3) is 0.0455. The van der Waals surface area contributed by atoms with E-state index in [4.69, 9.17) is 16.7 Å². The second-order valence-corrected chi connectivity index (χ2v) is 10.4. The van der Waals surface area contributed by atoms with Crippen LogP contribution in [0.25, 0.3) is 31.7 Å². The summed E-state index contributed by atoms with van der Waals surface area (Å²) in [5.74, 6) is 0. The van der Waals surface area contributed by atoms with Gasteiger partial charge < -0.3 is 0 Å². The summed E-state index contributed by atoms with van der Waals surface area (Å²) in [5.41, 5.74) is 1.89. The van der Waals surface area contributed by atoms with Gasteiger partial charge in [-0.3, -0.25) is 4.79 Å². The molecule has 0 spiro atoms. The maximum absolute atomic E-state index is 13.5. The molecule has 0 radical (unpaired) electrons. The highest BCUT2D eigenvalue weighted by atomic mass is 35.5. The van der Waals surface area contributed by atoms with Gasteiger partial charge in [0, 0.05) is 25.4 Å². The van der Waals surface area contributed by atoms with Gasteiger partial charge in [0.2, 0.25) is 10.0 Å². The van der Waals surface area contributed by atoms with E-state index in [1.807, 2.05) is 42.7 Å². The van der Waals surface area contributed by atoms with Gasteiger partial charge in [0.05, 0.1) is 9.92 Å². The minimum atomic E-state index is -3.80. The predicted octanol–water partition coefficient (Wildman–Crippen LogP) is 5.62. The molecule has 30 heavy (non-hydrogen) atoms. The average molecular weight is 474 g/mol. The van der Waals surface area contributed by atoms with Gasteiger partial charge in [0.15, 0.2) is 5.43 Å². The van der Waals surface area contributed by atoms with Crippen molar-refractivity contribution in [2.24, 2.45) is 5.14 Å². The van der Waals surface area contributed by atoms with E-state index in [1.165, 1.54) is 35.2 Å². The summed E-state index contributed by atoms with van der Waals surface area (Å²) < 4.78 is 24.1. The maximum atomic E-state index is 13.5. The molecule has 3 aromatic carbocycles. The van der Waals surface area contributed by atoms with Gasteiger partial charge in [-0.15, -0.1) is 23.1 Å². The Balaban J connectivity index is 2.02. The van der Waals surface area contributed by atoms with E-state index in [2.05, 4.69) is 0 Å². The molecule has 2 N–H and O–H groups in total. The number of nitrogens with two attached hydrogens (primary N) is 1. The van der Waals surface area contributed by atoms with Gasteiger partial charge in [-0.2, -0.15) is 0 Å². The molecule has 0 aliphatic rings. The van der Waals surface area contributed by atoms with Gasteiger partial charge in [-0.05, 0) is 53.8 Å². The van der Waals surface area contributed by atoms with E-state index in [0.717, 1.165) is 25.6 Å². The summed E-state index contributed by atoms with van der Waals surface area (Å²) in [7, 11) is -3.80. The number of benzene rings is 3. The lowest BCUT2D eigenvalue weighted by atomic mass is 10.0. The zero-order chi connectivity index (χ0) is 21.5. The minimum Gasteiger partial charge on any atom is -0.288 e. The molecule has 0 aliphatic heterocycles. The van der Waals surface area contributed by atoms with Crippen LogP contribution in [0.15, 0.2) is 81.3 Å². The molecule has 0 saturated carbocycles. The summed E-state index contributed by atoms with van der Waals surface area (Å²) in [6.07, 6.45) is 1.94. The lowest BCUT2D eigenvalue weighted by Crippen LogP contribution is -2.11. The van der Waals surface area contributed by atoms with Crippen LogP contribution in [0.4, 0.5) is 0 Å². The molecule has 0 bridgehead atoms. The molecular formula is C22H16ClNO3S3. The van der Waals surface area contributed by atoms with Crippen LogP contribution in [0.3, 0.4) is 0 Å². The second-order valence-electron chi connectivity index (χ2n) is 6.55. The topological polar surface area (TPSA) is 77.2 Å². The standard InChI is InChI=1S/C22H16ClNO3S3/c1-28-19-11-8-14(12-17(19)23)20-21(25)16-4-2-3-5-18(16)29-22(20)13-6-9-15(10-7-13)30(24,26)27/h2-12H,1H3,(H2,24,26,27). The SMILES string of the molecule is CSc1ccc(-c2c(-c3ccc(S(N)(=O)=O)cc3)sc3ccccc3c2=O)cc1Cl. The van der Waals surface area contributed by atoms with E-state index in [0.29, 0.717) is 16.0 Å². The third-order valence-corrected chi connectivity index (χ3v) is 8.05. The van der Waals surface area contributed by atoms with Gasteiger partial charge in [-0.25, -0.2) is 13.6 Å². The monoisotopic (exact) mass is 473 g/mol. The summed E-state index contributed by atoms with van der Waals surface area (Å²) in [6, 6.07) is 19.3. The van der Waals surface area contributed by atoms with Crippen molar-refractivity contribution in [3.8, 4) is 21.6 Å². The van der Waals surface area contributed by atoms with Crippen LogP contribution in [0, 0.1) is 0 Å². The van der Waals surface area contributed by atoms with Crippen molar-refractivity contribution in [3.05, 3.63) is 82.0 Å². The third kappa shape index (κ3) is 3.91.